The number of nitrogens with zero attached hydrogens (tertiary/aromatic N) is 3. The van der Waals surface area contributed by atoms with E-state index in [1.54, 1.807) is 0 Å². The van der Waals surface area contributed by atoms with Gasteiger partial charge in [-0.05, 0) is 83.0 Å². The summed E-state index contributed by atoms with van der Waals surface area (Å²) in [5.74, 6) is 0.0700. The van der Waals surface area contributed by atoms with E-state index in [4.69, 9.17) is 0 Å². The third-order valence-electron chi connectivity index (χ3n) is 7.00. The topological polar surface area (TPSA) is 26.8 Å². The van der Waals surface area contributed by atoms with E-state index in [-0.39, 0.29) is 5.91 Å². The largest absolute Gasteiger partial charge is 0.338 e. The molecule has 0 aliphatic carbocycles. The zero-order chi connectivity index (χ0) is 22.0. The van der Waals surface area contributed by atoms with Crippen LogP contribution < -0.4 is 4.90 Å². The lowest BCUT2D eigenvalue weighted by Crippen LogP contribution is -2.47. The Bertz CT molecular complexity index is 894. The summed E-state index contributed by atoms with van der Waals surface area (Å²) >= 11 is 0. The van der Waals surface area contributed by atoms with E-state index in [0.29, 0.717) is 31.2 Å². The lowest BCUT2D eigenvalue weighted by atomic mass is 9.95. The van der Waals surface area contributed by atoms with Gasteiger partial charge in [-0.3, -0.25) is 4.79 Å². The summed E-state index contributed by atoms with van der Waals surface area (Å²) in [5.41, 5.74) is 4.13. The first-order chi connectivity index (χ1) is 15.0. The number of hydrogen-bond donors (Lipinski definition) is 0. The molecule has 2 heterocycles. The Morgan fingerprint density at radius 2 is 1.58 bits per heavy atom. The molecule has 4 nitrogen and oxygen atoms in total. The molecule has 2 aliphatic heterocycles. The monoisotopic (exact) mass is 417 g/mol. The average molecular weight is 418 g/mol. The van der Waals surface area contributed by atoms with Crippen molar-refractivity contribution in [2.45, 2.75) is 57.7 Å². The van der Waals surface area contributed by atoms with E-state index in [0.717, 1.165) is 11.1 Å². The first-order valence-corrected chi connectivity index (χ1v) is 11.6. The first-order valence-electron chi connectivity index (χ1n) is 11.6. The van der Waals surface area contributed by atoms with Gasteiger partial charge < -0.3 is 14.7 Å². The quantitative estimate of drug-likeness (QED) is 0.558. The van der Waals surface area contributed by atoms with Crippen molar-refractivity contribution < 1.29 is 4.79 Å². The zero-order valence-electron chi connectivity index (χ0n) is 19.1. The molecule has 0 N–H and O–H groups in total. The van der Waals surface area contributed by atoms with Gasteiger partial charge in [-0.25, -0.2) is 0 Å². The van der Waals surface area contributed by atoms with Crippen LogP contribution in [0.2, 0.25) is 0 Å². The van der Waals surface area contributed by atoms with Gasteiger partial charge in [0, 0.05) is 48.2 Å². The van der Waals surface area contributed by atoms with Gasteiger partial charge in [0.05, 0.1) is 0 Å². The number of piperidine rings is 1. The van der Waals surface area contributed by atoms with Gasteiger partial charge in [-0.15, -0.1) is 0 Å². The van der Waals surface area contributed by atoms with Crippen LogP contribution in [0.1, 0.15) is 49.9 Å². The van der Waals surface area contributed by atoms with Crippen LogP contribution in [0.4, 0.5) is 11.4 Å². The molecule has 3 atom stereocenters. The minimum absolute atomic E-state index is 0.0700. The molecule has 0 spiro atoms. The fourth-order valence-corrected chi connectivity index (χ4v) is 5.35. The van der Waals surface area contributed by atoms with Crippen molar-refractivity contribution >= 4 is 17.3 Å². The fraction of sp³-hybridized carbons (Fsp3) is 0.444. The number of amides is 1. The number of rotatable bonds is 7. The second-order valence-electron chi connectivity index (χ2n) is 9.20. The van der Waals surface area contributed by atoms with Crippen molar-refractivity contribution in [2.24, 2.45) is 0 Å². The maximum atomic E-state index is 13.0. The highest BCUT2D eigenvalue weighted by atomic mass is 16.2. The number of benzene rings is 2. The molecule has 2 bridgehead atoms. The Morgan fingerprint density at radius 3 is 2.13 bits per heavy atom. The summed E-state index contributed by atoms with van der Waals surface area (Å²) in [4.78, 5) is 19.9. The number of carbonyl (C=O) groups excluding carboxylic acids is 1. The average Bonchev–Trinajstić information content (AvgIpc) is 2.98. The molecule has 2 fully saturated rings. The predicted octanol–water partition coefficient (Wildman–Crippen LogP) is 5.49. The third-order valence-corrected chi connectivity index (χ3v) is 7.00. The second-order valence-corrected chi connectivity index (χ2v) is 9.20. The van der Waals surface area contributed by atoms with E-state index in [1.165, 1.54) is 37.1 Å². The lowest BCUT2D eigenvalue weighted by Gasteiger charge is -2.43. The van der Waals surface area contributed by atoms with Crippen LogP contribution in [0.15, 0.2) is 66.7 Å². The van der Waals surface area contributed by atoms with E-state index in [9.17, 15) is 4.79 Å². The molecule has 2 aliphatic rings. The molecule has 4 rings (SSSR count). The molecule has 2 saturated heterocycles. The molecule has 31 heavy (non-hydrogen) atoms. The Morgan fingerprint density at radius 1 is 1.00 bits per heavy atom. The minimum Gasteiger partial charge on any atom is -0.338 e. The van der Waals surface area contributed by atoms with E-state index < -0.39 is 0 Å². The molecule has 0 aromatic heterocycles. The summed E-state index contributed by atoms with van der Waals surface area (Å²) < 4.78 is 0. The third kappa shape index (κ3) is 4.54. The van der Waals surface area contributed by atoms with E-state index in [2.05, 4.69) is 65.9 Å². The molecule has 2 aromatic carbocycles. The lowest BCUT2D eigenvalue weighted by molar-refractivity contribution is 0.0778. The minimum atomic E-state index is 0.0700. The molecule has 2 aromatic rings. The number of para-hydroxylation sites is 1. The zero-order valence-corrected chi connectivity index (χ0v) is 19.1. The van der Waals surface area contributed by atoms with Crippen molar-refractivity contribution in [1.29, 1.82) is 0 Å². The molecule has 1 unspecified atom stereocenters. The van der Waals surface area contributed by atoms with Gasteiger partial charge in [0.25, 0.3) is 5.91 Å². The first kappa shape index (κ1) is 21.6. The van der Waals surface area contributed by atoms with Gasteiger partial charge in [0.15, 0.2) is 0 Å². The Labute approximate surface area is 187 Å². The molecular formula is C27H35N3O. The van der Waals surface area contributed by atoms with Crippen LogP contribution in [-0.4, -0.2) is 54.0 Å². The number of hydrogen-bond acceptors (Lipinski definition) is 3. The number of carbonyl (C=O) groups is 1. The van der Waals surface area contributed by atoms with Crippen molar-refractivity contribution in [3.05, 3.63) is 72.3 Å². The summed E-state index contributed by atoms with van der Waals surface area (Å²) in [6.45, 7) is 9.22. The number of fused-ring (bicyclic) bond motifs is 2. The van der Waals surface area contributed by atoms with Gasteiger partial charge >= 0.3 is 0 Å². The molecule has 164 valence electrons. The SMILES string of the molecule is C=C(C)CN(CC)C(=O)c1ccc(N(c2ccccc2)C2C[C@H]3CC[C@@H](C2)N3C)cc1. The summed E-state index contributed by atoms with van der Waals surface area (Å²) in [5, 5.41) is 0. The molecule has 1 amide bonds. The highest BCUT2D eigenvalue weighted by molar-refractivity contribution is 5.94. The smallest absolute Gasteiger partial charge is 0.254 e. The van der Waals surface area contributed by atoms with Crippen LogP contribution in [0, 0.1) is 0 Å². The van der Waals surface area contributed by atoms with Crippen molar-refractivity contribution in [1.82, 2.24) is 9.80 Å². The molecule has 4 heteroatoms. The summed E-state index contributed by atoms with van der Waals surface area (Å²) in [6.07, 6.45) is 4.99. The summed E-state index contributed by atoms with van der Waals surface area (Å²) in [7, 11) is 2.29. The Kier molecular flexibility index (Phi) is 6.47. The highest BCUT2D eigenvalue weighted by Gasteiger charge is 2.40. The maximum absolute atomic E-state index is 13.0. The standard InChI is InChI=1S/C27H35N3O/c1-5-29(19-20(2)3)27(31)21-11-13-23(14-12-21)30(22-9-7-6-8-10-22)26-17-24-15-16-25(18-26)28(24)4/h6-14,24-26H,2,5,15-19H2,1,3-4H3/t24-,25+,26?. The number of anilines is 2. The van der Waals surface area contributed by atoms with Crippen LogP contribution in [-0.2, 0) is 0 Å². The molecule has 0 saturated carbocycles. The summed E-state index contributed by atoms with van der Waals surface area (Å²) in [6, 6.07) is 20.7. The van der Waals surface area contributed by atoms with Crippen molar-refractivity contribution in [3.8, 4) is 0 Å². The van der Waals surface area contributed by atoms with Crippen LogP contribution >= 0.6 is 0 Å². The number of likely N-dealkylation sites (N-methyl/N-ethyl adjacent to an activating group) is 1. The van der Waals surface area contributed by atoms with Gasteiger partial charge in [-0.2, -0.15) is 0 Å². The van der Waals surface area contributed by atoms with Crippen molar-refractivity contribution in [3.63, 3.8) is 0 Å². The van der Waals surface area contributed by atoms with E-state index >= 15 is 0 Å². The molecule has 0 radical (unpaired) electrons. The molecular weight excluding hydrogens is 382 g/mol. The van der Waals surface area contributed by atoms with Crippen molar-refractivity contribution in [2.75, 3.05) is 25.0 Å². The van der Waals surface area contributed by atoms with Gasteiger partial charge in [0.1, 0.15) is 0 Å². The van der Waals surface area contributed by atoms with Crippen LogP contribution in [0.3, 0.4) is 0 Å². The van der Waals surface area contributed by atoms with Gasteiger partial charge in [-0.1, -0.05) is 30.4 Å². The predicted molar refractivity (Wildman–Crippen MR) is 129 cm³/mol. The van der Waals surface area contributed by atoms with Crippen LogP contribution in [0.25, 0.3) is 0 Å². The Hall–Kier alpha value is -2.59. The fourth-order valence-electron chi connectivity index (χ4n) is 5.35. The maximum Gasteiger partial charge on any atom is 0.254 e. The van der Waals surface area contributed by atoms with E-state index in [1.807, 2.05) is 30.9 Å². The normalized spacial score (nSPS) is 22.9. The highest BCUT2D eigenvalue weighted by Crippen LogP contribution is 2.40. The second kappa shape index (κ2) is 9.27. The van der Waals surface area contributed by atoms with Gasteiger partial charge in [0.2, 0.25) is 0 Å². The Balaban J connectivity index is 1.60. The van der Waals surface area contributed by atoms with Crippen LogP contribution in [0.5, 0.6) is 0 Å².